The van der Waals surface area contributed by atoms with Gasteiger partial charge >= 0.3 is 6.03 Å². The molecule has 3 fully saturated rings. The number of carbonyl (C=O) groups is 2. The van der Waals surface area contributed by atoms with Crippen LogP contribution in [-0.4, -0.2) is 85.2 Å². The van der Waals surface area contributed by atoms with Crippen LogP contribution in [0.2, 0.25) is 0 Å². The van der Waals surface area contributed by atoms with Crippen LogP contribution in [0.4, 0.5) is 4.79 Å². The number of hydrogen-bond acceptors (Lipinski definition) is 4. The van der Waals surface area contributed by atoms with E-state index in [9.17, 15) is 9.59 Å². The molecule has 0 radical (unpaired) electrons. The first kappa shape index (κ1) is 17.1. The zero-order valence-corrected chi connectivity index (χ0v) is 15.1. The Balaban J connectivity index is 1.42. The van der Waals surface area contributed by atoms with Gasteiger partial charge < -0.3 is 24.2 Å². The molecule has 0 bridgehead atoms. The first-order valence-electron chi connectivity index (χ1n) is 9.25. The zero-order chi connectivity index (χ0) is 18.1. The molecule has 140 valence electrons. The maximum Gasteiger partial charge on any atom is 0.320 e. The number of hydrogen-bond donors (Lipinski definition) is 0. The number of carbonyl (C=O) groups excluding carboxylic acids is 2. The van der Waals surface area contributed by atoms with Crippen molar-refractivity contribution >= 4 is 11.9 Å². The molecule has 3 saturated heterocycles. The van der Waals surface area contributed by atoms with Crippen LogP contribution < -0.4 is 4.74 Å². The van der Waals surface area contributed by atoms with Crippen LogP contribution in [0, 0.1) is 0 Å². The van der Waals surface area contributed by atoms with Gasteiger partial charge in [-0.25, -0.2) is 4.79 Å². The summed E-state index contributed by atoms with van der Waals surface area (Å²) in [7, 11) is 1.61. The molecule has 0 aliphatic carbocycles. The largest absolute Gasteiger partial charge is 0.497 e. The fraction of sp³-hybridized carbons (Fsp3) is 0.579. The standard InChI is InChI=1S/C19H25N3O4/c1-25-17-4-2-14(3-5-17)18(23)20-8-9-21-16(12-20)13-22(19(21)24)15-6-10-26-11-7-15/h2-5,15-16H,6-13H2,1H3/t16-/m1/s1. The van der Waals surface area contributed by atoms with Crippen LogP contribution in [0.25, 0.3) is 0 Å². The highest BCUT2D eigenvalue weighted by molar-refractivity contribution is 5.94. The van der Waals surface area contributed by atoms with E-state index in [1.807, 2.05) is 14.7 Å². The van der Waals surface area contributed by atoms with Gasteiger partial charge in [-0.3, -0.25) is 4.79 Å². The predicted molar refractivity (Wildman–Crippen MR) is 95.3 cm³/mol. The molecule has 3 aliphatic heterocycles. The number of ether oxygens (including phenoxy) is 2. The summed E-state index contributed by atoms with van der Waals surface area (Å²) in [4.78, 5) is 31.4. The molecule has 0 spiro atoms. The smallest absolute Gasteiger partial charge is 0.320 e. The zero-order valence-electron chi connectivity index (χ0n) is 15.1. The second kappa shape index (κ2) is 7.15. The summed E-state index contributed by atoms with van der Waals surface area (Å²) in [5.41, 5.74) is 0.657. The molecule has 3 aliphatic rings. The average Bonchev–Trinajstić information content (AvgIpc) is 3.04. The minimum atomic E-state index is 0.0178. The molecule has 3 amide bonds. The summed E-state index contributed by atoms with van der Waals surface area (Å²) in [6.45, 7) is 3.93. The van der Waals surface area contributed by atoms with E-state index in [-0.39, 0.29) is 24.0 Å². The maximum absolute atomic E-state index is 12.8. The molecule has 3 heterocycles. The Morgan fingerprint density at radius 1 is 1.04 bits per heavy atom. The molecule has 26 heavy (non-hydrogen) atoms. The summed E-state index contributed by atoms with van der Waals surface area (Å²) in [5, 5.41) is 0. The quantitative estimate of drug-likeness (QED) is 0.819. The molecule has 1 atom stereocenters. The molecule has 4 rings (SSSR count). The van der Waals surface area contributed by atoms with Crippen LogP contribution in [0.3, 0.4) is 0 Å². The van der Waals surface area contributed by atoms with Gasteiger partial charge in [0.25, 0.3) is 5.91 Å². The third-order valence-corrected chi connectivity index (χ3v) is 5.64. The van der Waals surface area contributed by atoms with E-state index in [1.54, 1.807) is 31.4 Å². The van der Waals surface area contributed by atoms with Gasteiger partial charge in [-0.1, -0.05) is 0 Å². The molecular weight excluding hydrogens is 334 g/mol. The number of urea groups is 1. The second-order valence-electron chi connectivity index (χ2n) is 7.11. The summed E-state index contributed by atoms with van der Waals surface area (Å²) < 4.78 is 10.6. The Kier molecular flexibility index (Phi) is 4.72. The first-order chi connectivity index (χ1) is 12.7. The number of nitrogens with zero attached hydrogens (tertiary/aromatic N) is 3. The van der Waals surface area contributed by atoms with Gasteiger partial charge in [-0.05, 0) is 37.1 Å². The van der Waals surface area contributed by atoms with E-state index in [0.717, 1.165) is 31.8 Å². The van der Waals surface area contributed by atoms with Gasteiger partial charge in [0.05, 0.1) is 13.2 Å². The van der Waals surface area contributed by atoms with Crippen molar-refractivity contribution in [3.05, 3.63) is 29.8 Å². The molecule has 1 aromatic rings. The lowest BCUT2D eigenvalue weighted by molar-refractivity contribution is 0.0504. The average molecular weight is 359 g/mol. The lowest BCUT2D eigenvalue weighted by Crippen LogP contribution is -2.53. The highest BCUT2D eigenvalue weighted by atomic mass is 16.5. The molecule has 0 saturated carbocycles. The van der Waals surface area contributed by atoms with E-state index in [2.05, 4.69) is 0 Å². The molecule has 7 nitrogen and oxygen atoms in total. The molecule has 0 aromatic heterocycles. The second-order valence-corrected chi connectivity index (χ2v) is 7.11. The number of amides is 3. The number of fused-ring (bicyclic) bond motifs is 1. The fourth-order valence-corrected chi connectivity index (χ4v) is 4.14. The van der Waals surface area contributed by atoms with Crippen molar-refractivity contribution in [2.24, 2.45) is 0 Å². The van der Waals surface area contributed by atoms with E-state index in [1.165, 1.54) is 0 Å². The van der Waals surface area contributed by atoms with Gasteiger partial charge in [0, 0.05) is 51.0 Å². The van der Waals surface area contributed by atoms with E-state index in [0.29, 0.717) is 31.7 Å². The minimum Gasteiger partial charge on any atom is -0.497 e. The predicted octanol–water partition coefficient (Wildman–Crippen LogP) is 1.44. The van der Waals surface area contributed by atoms with Crippen molar-refractivity contribution in [3.8, 4) is 5.75 Å². The highest BCUT2D eigenvalue weighted by Gasteiger charge is 2.44. The maximum atomic E-state index is 12.8. The number of piperazine rings is 1. The molecule has 0 unspecified atom stereocenters. The Labute approximate surface area is 153 Å². The Morgan fingerprint density at radius 2 is 1.77 bits per heavy atom. The number of rotatable bonds is 3. The lowest BCUT2D eigenvalue weighted by atomic mass is 10.1. The molecule has 1 aromatic carbocycles. The molecule has 7 heteroatoms. The van der Waals surface area contributed by atoms with Crippen LogP contribution in [0.5, 0.6) is 5.75 Å². The topological polar surface area (TPSA) is 62.3 Å². The minimum absolute atomic E-state index is 0.0178. The Hall–Kier alpha value is -2.28. The monoisotopic (exact) mass is 359 g/mol. The van der Waals surface area contributed by atoms with Crippen LogP contribution in [0.1, 0.15) is 23.2 Å². The summed E-state index contributed by atoms with van der Waals surface area (Å²) >= 11 is 0. The van der Waals surface area contributed by atoms with Gasteiger partial charge in [-0.15, -0.1) is 0 Å². The van der Waals surface area contributed by atoms with Crippen molar-refractivity contribution in [3.63, 3.8) is 0 Å². The number of methoxy groups -OCH3 is 1. The van der Waals surface area contributed by atoms with Crippen molar-refractivity contribution < 1.29 is 19.1 Å². The third kappa shape index (κ3) is 3.11. The van der Waals surface area contributed by atoms with Gasteiger partial charge in [0.2, 0.25) is 0 Å². The van der Waals surface area contributed by atoms with Crippen molar-refractivity contribution in [2.75, 3.05) is 46.5 Å². The lowest BCUT2D eigenvalue weighted by Gasteiger charge is -2.36. The van der Waals surface area contributed by atoms with Crippen LogP contribution in [0.15, 0.2) is 24.3 Å². The molecule has 0 N–H and O–H groups in total. The van der Waals surface area contributed by atoms with Crippen LogP contribution >= 0.6 is 0 Å². The normalized spacial score (nSPS) is 24.0. The summed E-state index contributed by atoms with van der Waals surface area (Å²) in [6, 6.07) is 7.67. The van der Waals surface area contributed by atoms with E-state index in [4.69, 9.17) is 9.47 Å². The third-order valence-electron chi connectivity index (χ3n) is 5.64. The van der Waals surface area contributed by atoms with Crippen molar-refractivity contribution in [2.45, 2.75) is 24.9 Å². The Morgan fingerprint density at radius 3 is 2.46 bits per heavy atom. The Bertz CT molecular complexity index is 672. The fourth-order valence-electron chi connectivity index (χ4n) is 4.14. The van der Waals surface area contributed by atoms with Gasteiger partial charge in [0.15, 0.2) is 0 Å². The molecular formula is C19H25N3O4. The summed E-state index contributed by atoms with van der Waals surface area (Å²) in [5.74, 6) is 0.754. The van der Waals surface area contributed by atoms with Gasteiger partial charge in [-0.2, -0.15) is 0 Å². The van der Waals surface area contributed by atoms with E-state index < -0.39 is 0 Å². The van der Waals surface area contributed by atoms with Crippen molar-refractivity contribution in [1.29, 1.82) is 0 Å². The summed E-state index contributed by atoms with van der Waals surface area (Å²) in [6.07, 6.45) is 1.81. The van der Waals surface area contributed by atoms with Crippen molar-refractivity contribution in [1.82, 2.24) is 14.7 Å². The van der Waals surface area contributed by atoms with Gasteiger partial charge in [0.1, 0.15) is 5.75 Å². The highest BCUT2D eigenvalue weighted by Crippen LogP contribution is 2.27. The van der Waals surface area contributed by atoms with Crippen LogP contribution in [-0.2, 0) is 4.74 Å². The SMILES string of the molecule is COc1ccc(C(=O)N2CCN3C(=O)N(C4CCOCC4)C[C@H]3C2)cc1. The first-order valence-corrected chi connectivity index (χ1v) is 9.25. The number of benzene rings is 1. The van der Waals surface area contributed by atoms with E-state index >= 15 is 0 Å².